The second kappa shape index (κ2) is 7.04. The smallest absolute Gasteiger partial charge is 0.251 e. The van der Waals surface area contributed by atoms with Crippen LogP contribution < -0.4 is 5.32 Å². The Kier molecular flexibility index (Phi) is 4.86. The Morgan fingerprint density at radius 3 is 2.61 bits per heavy atom. The van der Waals surface area contributed by atoms with Gasteiger partial charge in [0, 0.05) is 25.3 Å². The number of aryl methyl sites for hydroxylation is 2. The standard InChI is InChI=1S/C18H23N3O2/c1-12-13(2)21-17-11-15(3-4-16(17)20-12)18(22)19-8-5-14-6-9-23-10-7-14/h3-4,11,14H,5-10H2,1-2H3,(H,19,22). The van der Waals surface area contributed by atoms with Gasteiger partial charge in [-0.25, -0.2) is 9.97 Å². The van der Waals surface area contributed by atoms with Gasteiger partial charge in [-0.3, -0.25) is 4.79 Å². The zero-order valence-electron chi connectivity index (χ0n) is 13.8. The molecule has 1 fully saturated rings. The molecule has 1 aromatic carbocycles. The van der Waals surface area contributed by atoms with Crippen LogP contribution in [0.4, 0.5) is 0 Å². The van der Waals surface area contributed by atoms with Crippen molar-refractivity contribution in [3.8, 4) is 0 Å². The van der Waals surface area contributed by atoms with Crippen molar-refractivity contribution >= 4 is 16.9 Å². The topological polar surface area (TPSA) is 64.1 Å². The predicted molar refractivity (Wildman–Crippen MR) is 89.5 cm³/mol. The molecule has 0 radical (unpaired) electrons. The van der Waals surface area contributed by atoms with Crippen LogP contribution in [0.15, 0.2) is 18.2 Å². The van der Waals surface area contributed by atoms with E-state index in [2.05, 4.69) is 15.3 Å². The third kappa shape index (κ3) is 3.85. The molecule has 2 aromatic rings. The van der Waals surface area contributed by atoms with Crippen molar-refractivity contribution in [3.05, 3.63) is 35.2 Å². The molecule has 1 N–H and O–H groups in total. The Hall–Kier alpha value is -2.01. The summed E-state index contributed by atoms with van der Waals surface area (Å²) in [6.45, 7) is 6.28. The first-order chi connectivity index (χ1) is 11.1. The number of nitrogens with zero attached hydrogens (tertiary/aromatic N) is 2. The maximum atomic E-state index is 12.3. The molecule has 0 atom stereocenters. The molecule has 1 aromatic heterocycles. The normalized spacial score (nSPS) is 15.7. The molecule has 3 rings (SSSR count). The number of aromatic nitrogens is 2. The lowest BCUT2D eigenvalue weighted by atomic mass is 9.97. The Labute approximate surface area is 136 Å². The molecule has 1 saturated heterocycles. The lowest BCUT2D eigenvalue weighted by molar-refractivity contribution is 0.0636. The number of amides is 1. The molecule has 1 amide bonds. The van der Waals surface area contributed by atoms with Crippen LogP contribution in [0, 0.1) is 19.8 Å². The minimum Gasteiger partial charge on any atom is -0.381 e. The fraction of sp³-hybridized carbons (Fsp3) is 0.500. The largest absolute Gasteiger partial charge is 0.381 e. The molecule has 1 aliphatic heterocycles. The van der Waals surface area contributed by atoms with Gasteiger partial charge in [0.2, 0.25) is 0 Å². The van der Waals surface area contributed by atoms with Crippen molar-refractivity contribution in [3.63, 3.8) is 0 Å². The molecule has 0 unspecified atom stereocenters. The molecule has 0 aliphatic carbocycles. The Morgan fingerprint density at radius 1 is 1.17 bits per heavy atom. The van der Waals surface area contributed by atoms with Gasteiger partial charge in [-0.2, -0.15) is 0 Å². The molecule has 5 heteroatoms. The third-order valence-electron chi connectivity index (χ3n) is 4.52. The lowest BCUT2D eigenvalue weighted by Gasteiger charge is -2.21. The number of benzene rings is 1. The van der Waals surface area contributed by atoms with Gasteiger partial charge in [-0.15, -0.1) is 0 Å². The molecule has 0 saturated carbocycles. The highest BCUT2D eigenvalue weighted by Crippen LogP contribution is 2.18. The first-order valence-corrected chi connectivity index (χ1v) is 8.24. The van der Waals surface area contributed by atoms with Crippen molar-refractivity contribution in [2.24, 2.45) is 5.92 Å². The number of carbonyl (C=O) groups excluding carboxylic acids is 1. The van der Waals surface area contributed by atoms with Crippen molar-refractivity contribution < 1.29 is 9.53 Å². The van der Waals surface area contributed by atoms with Crippen molar-refractivity contribution in [1.82, 2.24) is 15.3 Å². The van der Waals surface area contributed by atoms with Gasteiger partial charge in [-0.1, -0.05) is 0 Å². The highest BCUT2D eigenvalue weighted by atomic mass is 16.5. The van der Waals surface area contributed by atoms with E-state index in [0.717, 1.165) is 54.9 Å². The molecule has 122 valence electrons. The van der Waals surface area contributed by atoms with E-state index in [-0.39, 0.29) is 5.91 Å². The van der Waals surface area contributed by atoms with Crippen LogP contribution in [0.5, 0.6) is 0 Å². The Morgan fingerprint density at radius 2 is 1.87 bits per heavy atom. The molecule has 5 nitrogen and oxygen atoms in total. The summed E-state index contributed by atoms with van der Waals surface area (Å²) in [5.41, 5.74) is 4.06. The van der Waals surface area contributed by atoms with Crippen LogP contribution in [-0.2, 0) is 4.74 Å². The summed E-state index contributed by atoms with van der Waals surface area (Å²) in [6, 6.07) is 5.50. The minimum atomic E-state index is -0.0426. The number of nitrogens with one attached hydrogen (secondary N) is 1. The molecule has 1 aliphatic rings. The van der Waals surface area contributed by atoms with E-state index in [9.17, 15) is 4.79 Å². The zero-order chi connectivity index (χ0) is 16.2. The van der Waals surface area contributed by atoms with E-state index in [0.29, 0.717) is 18.0 Å². The van der Waals surface area contributed by atoms with Crippen LogP contribution in [-0.4, -0.2) is 35.6 Å². The fourth-order valence-corrected chi connectivity index (χ4v) is 2.90. The van der Waals surface area contributed by atoms with Gasteiger partial charge in [0.05, 0.1) is 22.4 Å². The van der Waals surface area contributed by atoms with E-state index in [1.165, 1.54) is 0 Å². The number of hydrogen-bond acceptors (Lipinski definition) is 4. The summed E-state index contributed by atoms with van der Waals surface area (Å²) < 4.78 is 5.36. The van der Waals surface area contributed by atoms with Crippen molar-refractivity contribution in [2.75, 3.05) is 19.8 Å². The summed E-state index contributed by atoms with van der Waals surface area (Å²) in [5.74, 6) is 0.621. The van der Waals surface area contributed by atoms with Gasteiger partial charge in [0.25, 0.3) is 5.91 Å². The molecule has 0 spiro atoms. The summed E-state index contributed by atoms with van der Waals surface area (Å²) in [4.78, 5) is 21.3. The summed E-state index contributed by atoms with van der Waals surface area (Å²) in [6.07, 6.45) is 3.21. The number of fused-ring (bicyclic) bond motifs is 1. The van der Waals surface area contributed by atoms with Gasteiger partial charge < -0.3 is 10.1 Å². The van der Waals surface area contributed by atoms with Crippen LogP contribution >= 0.6 is 0 Å². The predicted octanol–water partition coefficient (Wildman–Crippen LogP) is 2.79. The number of ether oxygens (including phenoxy) is 1. The zero-order valence-corrected chi connectivity index (χ0v) is 13.8. The SMILES string of the molecule is Cc1nc2ccc(C(=O)NCCC3CCOCC3)cc2nc1C. The number of rotatable bonds is 4. The summed E-state index contributed by atoms with van der Waals surface area (Å²) >= 11 is 0. The first kappa shape index (κ1) is 15.9. The van der Waals surface area contributed by atoms with E-state index >= 15 is 0 Å². The lowest BCUT2D eigenvalue weighted by Crippen LogP contribution is -2.27. The van der Waals surface area contributed by atoms with Crippen LogP contribution in [0.2, 0.25) is 0 Å². The quantitative estimate of drug-likeness (QED) is 0.942. The fourth-order valence-electron chi connectivity index (χ4n) is 2.90. The van der Waals surface area contributed by atoms with Gasteiger partial charge in [-0.05, 0) is 57.2 Å². The summed E-state index contributed by atoms with van der Waals surface area (Å²) in [7, 11) is 0. The molecule has 2 heterocycles. The molecule has 0 bridgehead atoms. The summed E-state index contributed by atoms with van der Waals surface area (Å²) in [5, 5.41) is 3.01. The number of carbonyl (C=O) groups is 1. The second-order valence-electron chi connectivity index (χ2n) is 6.20. The number of hydrogen-bond donors (Lipinski definition) is 1. The second-order valence-corrected chi connectivity index (χ2v) is 6.20. The Balaban J connectivity index is 1.62. The average molecular weight is 313 g/mol. The molecular weight excluding hydrogens is 290 g/mol. The molecule has 23 heavy (non-hydrogen) atoms. The van der Waals surface area contributed by atoms with E-state index in [4.69, 9.17) is 4.74 Å². The maximum Gasteiger partial charge on any atom is 0.251 e. The van der Waals surface area contributed by atoms with E-state index in [1.807, 2.05) is 32.0 Å². The van der Waals surface area contributed by atoms with Gasteiger partial charge in [0.1, 0.15) is 0 Å². The third-order valence-corrected chi connectivity index (χ3v) is 4.52. The van der Waals surface area contributed by atoms with Crippen molar-refractivity contribution in [2.45, 2.75) is 33.1 Å². The van der Waals surface area contributed by atoms with Crippen molar-refractivity contribution in [1.29, 1.82) is 0 Å². The van der Waals surface area contributed by atoms with Gasteiger partial charge in [0.15, 0.2) is 0 Å². The van der Waals surface area contributed by atoms with Crippen LogP contribution in [0.25, 0.3) is 11.0 Å². The monoisotopic (exact) mass is 313 g/mol. The molecular formula is C18H23N3O2. The van der Waals surface area contributed by atoms with E-state index in [1.54, 1.807) is 0 Å². The average Bonchev–Trinajstić information content (AvgIpc) is 2.56. The van der Waals surface area contributed by atoms with Crippen LogP contribution in [0.3, 0.4) is 0 Å². The highest BCUT2D eigenvalue weighted by molar-refractivity contribution is 5.97. The van der Waals surface area contributed by atoms with Crippen LogP contribution in [0.1, 0.15) is 41.0 Å². The maximum absolute atomic E-state index is 12.3. The Bertz CT molecular complexity index is 709. The minimum absolute atomic E-state index is 0.0426. The van der Waals surface area contributed by atoms with E-state index < -0.39 is 0 Å². The highest BCUT2D eigenvalue weighted by Gasteiger charge is 2.14. The first-order valence-electron chi connectivity index (χ1n) is 8.24. The van der Waals surface area contributed by atoms with Gasteiger partial charge >= 0.3 is 0 Å².